The maximum absolute atomic E-state index is 11.6. The third-order valence-electron chi connectivity index (χ3n) is 4.04. The van der Waals surface area contributed by atoms with E-state index in [0.29, 0.717) is 0 Å². The van der Waals surface area contributed by atoms with Gasteiger partial charge in [-0.05, 0) is 41.3 Å². The molecule has 0 aliphatic rings. The number of nitrogens with zero attached hydrogens (tertiary/aromatic N) is 1. The van der Waals surface area contributed by atoms with Crippen LogP contribution in [0.5, 0.6) is 0 Å². The van der Waals surface area contributed by atoms with Gasteiger partial charge in [-0.2, -0.15) is 0 Å². The van der Waals surface area contributed by atoms with Crippen LogP contribution in [0.25, 0.3) is 6.08 Å². The highest BCUT2D eigenvalue weighted by Crippen LogP contribution is 2.37. The van der Waals surface area contributed by atoms with Gasteiger partial charge in [0.25, 0.3) is 0 Å². The van der Waals surface area contributed by atoms with E-state index in [1.54, 1.807) is 12.4 Å². The Hall–Kier alpha value is -2.71. The molecule has 2 aromatic carbocycles. The predicted octanol–water partition coefficient (Wildman–Crippen LogP) is 4.42. The van der Waals surface area contributed by atoms with Gasteiger partial charge in [0, 0.05) is 12.4 Å². The molecule has 1 N–H and O–H groups in total. The zero-order valence-electron chi connectivity index (χ0n) is 13.1. The van der Waals surface area contributed by atoms with Gasteiger partial charge in [0.05, 0.1) is 0 Å². The van der Waals surface area contributed by atoms with Crippen molar-refractivity contribution in [2.45, 2.75) is 12.5 Å². The molecule has 1 atom stereocenters. The minimum atomic E-state index is -1.18. The van der Waals surface area contributed by atoms with Crippen molar-refractivity contribution < 1.29 is 5.11 Å². The molecule has 2 nitrogen and oxygen atoms in total. The Labute approximate surface area is 136 Å². The van der Waals surface area contributed by atoms with Crippen LogP contribution >= 0.6 is 0 Å². The van der Waals surface area contributed by atoms with Crippen LogP contribution in [-0.4, -0.2) is 10.1 Å². The maximum atomic E-state index is 11.6. The van der Waals surface area contributed by atoms with Crippen LogP contribution in [0.15, 0.2) is 90.8 Å². The van der Waals surface area contributed by atoms with Crippen LogP contribution < -0.4 is 0 Å². The minimum absolute atomic E-state index is 0.809. The second-order valence-electron chi connectivity index (χ2n) is 5.55. The van der Waals surface area contributed by atoms with E-state index in [4.69, 9.17) is 0 Å². The van der Waals surface area contributed by atoms with Crippen LogP contribution in [0.1, 0.15) is 23.6 Å². The first-order valence-electron chi connectivity index (χ1n) is 7.63. The number of pyridine rings is 1. The molecule has 23 heavy (non-hydrogen) atoms. The molecule has 3 rings (SSSR count). The first-order chi connectivity index (χ1) is 11.2. The van der Waals surface area contributed by atoms with Gasteiger partial charge in [0.2, 0.25) is 0 Å². The van der Waals surface area contributed by atoms with Crippen molar-refractivity contribution in [3.8, 4) is 0 Å². The van der Waals surface area contributed by atoms with Gasteiger partial charge in [-0.1, -0.05) is 66.7 Å². The molecule has 1 heterocycles. The zero-order valence-corrected chi connectivity index (χ0v) is 13.1. The van der Waals surface area contributed by atoms with Crippen molar-refractivity contribution in [1.82, 2.24) is 4.98 Å². The molecule has 0 radical (unpaired) electrons. The van der Waals surface area contributed by atoms with Crippen molar-refractivity contribution in [2.75, 3.05) is 0 Å². The summed E-state index contributed by atoms with van der Waals surface area (Å²) in [7, 11) is 0. The highest BCUT2D eigenvalue weighted by Gasteiger charge is 2.33. The van der Waals surface area contributed by atoms with E-state index in [9.17, 15) is 5.11 Å². The monoisotopic (exact) mass is 301 g/mol. The summed E-state index contributed by atoms with van der Waals surface area (Å²) in [6.45, 7) is 1.96. The van der Waals surface area contributed by atoms with Crippen LogP contribution in [0, 0.1) is 0 Å². The molecule has 0 saturated heterocycles. The molecule has 114 valence electrons. The first-order valence-corrected chi connectivity index (χ1v) is 7.63. The molecule has 0 aliphatic carbocycles. The molecule has 1 aromatic heterocycles. The molecule has 3 aromatic rings. The third-order valence-corrected chi connectivity index (χ3v) is 4.04. The zero-order chi connectivity index (χ0) is 16.1. The molecule has 0 fully saturated rings. The van der Waals surface area contributed by atoms with Crippen molar-refractivity contribution in [2.24, 2.45) is 0 Å². The van der Waals surface area contributed by atoms with Gasteiger partial charge in [0.1, 0.15) is 5.60 Å². The molecule has 0 aliphatic heterocycles. The normalized spacial score (nSPS) is 14.3. The Morgan fingerprint density at radius 2 is 1.35 bits per heavy atom. The Bertz CT molecular complexity index is 740. The van der Waals surface area contributed by atoms with Crippen molar-refractivity contribution in [3.63, 3.8) is 0 Å². The lowest BCUT2D eigenvalue weighted by molar-refractivity contribution is 0.122. The van der Waals surface area contributed by atoms with E-state index in [2.05, 4.69) is 4.98 Å². The summed E-state index contributed by atoms with van der Waals surface area (Å²) in [6.07, 6.45) is 5.44. The van der Waals surface area contributed by atoms with Crippen LogP contribution in [0.2, 0.25) is 0 Å². The van der Waals surface area contributed by atoms with E-state index in [1.165, 1.54) is 0 Å². The summed E-state index contributed by atoms with van der Waals surface area (Å²) in [5.41, 5.74) is 2.40. The summed E-state index contributed by atoms with van der Waals surface area (Å²) in [4.78, 5) is 4.07. The first kappa shape index (κ1) is 15.2. The van der Waals surface area contributed by atoms with Gasteiger partial charge in [-0.3, -0.25) is 4.98 Å². The molecular weight excluding hydrogens is 282 g/mol. The minimum Gasteiger partial charge on any atom is -0.376 e. The summed E-state index contributed by atoms with van der Waals surface area (Å²) in [5, 5.41) is 11.6. The van der Waals surface area contributed by atoms with Gasteiger partial charge in [-0.15, -0.1) is 0 Å². The lowest BCUT2D eigenvalue weighted by atomic mass is 9.80. The molecular formula is C21H19NO. The second kappa shape index (κ2) is 6.59. The summed E-state index contributed by atoms with van der Waals surface area (Å²) < 4.78 is 0. The molecule has 0 bridgehead atoms. The SMILES string of the molecule is CC(=Cc1ccccc1)C(O)(c1ccccc1)c1ccncc1. The van der Waals surface area contributed by atoms with Gasteiger partial charge in [-0.25, -0.2) is 0 Å². The summed E-state index contributed by atoms with van der Waals surface area (Å²) >= 11 is 0. The lowest BCUT2D eigenvalue weighted by Gasteiger charge is -2.30. The molecule has 0 saturated carbocycles. The Morgan fingerprint density at radius 1 is 0.826 bits per heavy atom. The summed E-state index contributed by atoms with van der Waals surface area (Å²) in [5.74, 6) is 0. The Balaban J connectivity index is 2.15. The smallest absolute Gasteiger partial charge is 0.136 e. The highest BCUT2D eigenvalue weighted by atomic mass is 16.3. The Kier molecular flexibility index (Phi) is 4.35. The van der Waals surface area contributed by atoms with Gasteiger partial charge in [0.15, 0.2) is 0 Å². The number of benzene rings is 2. The molecule has 1 unspecified atom stereocenters. The summed E-state index contributed by atoms with van der Waals surface area (Å²) in [6, 6.07) is 23.5. The van der Waals surface area contributed by atoms with Crippen LogP contribution in [0.3, 0.4) is 0 Å². The van der Waals surface area contributed by atoms with E-state index >= 15 is 0 Å². The van der Waals surface area contributed by atoms with Gasteiger partial charge < -0.3 is 5.11 Å². The van der Waals surface area contributed by atoms with E-state index in [0.717, 1.165) is 22.3 Å². The largest absolute Gasteiger partial charge is 0.376 e. The number of aromatic nitrogens is 1. The topological polar surface area (TPSA) is 33.1 Å². The maximum Gasteiger partial charge on any atom is 0.136 e. The molecule has 0 amide bonds. The van der Waals surface area contributed by atoms with E-state index < -0.39 is 5.60 Å². The van der Waals surface area contributed by atoms with E-state index in [1.807, 2.05) is 85.8 Å². The fraction of sp³-hybridized carbons (Fsp3) is 0.0952. The van der Waals surface area contributed by atoms with Crippen LogP contribution in [0.4, 0.5) is 0 Å². The molecule has 0 spiro atoms. The number of rotatable bonds is 4. The number of hydrogen-bond acceptors (Lipinski definition) is 2. The van der Waals surface area contributed by atoms with Crippen LogP contribution in [-0.2, 0) is 5.60 Å². The fourth-order valence-electron chi connectivity index (χ4n) is 2.80. The van der Waals surface area contributed by atoms with Crippen molar-refractivity contribution >= 4 is 6.08 Å². The molecule has 2 heteroatoms. The third kappa shape index (κ3) is 3.08. The van der Waals surface area contributed by atoms with Crippen molar-refractivity contribution in [1.29, 1.82) is 0 Å². The number of aliphatic hydroxyl groups is 1. The average Bonchev–Trinajstić information content (AvgIpc) is 2.63. The average molecular weight is 301 g/mol. The number of hydrogen-bond donors (Lipinski definition) is 1. The standard InChI is InChI=1S/C21H19NO/c1-17(16-18-8-4-2-5-9-18)21(23,19-10-6-3-7-11-19)20-12-14-22-15-13-20/h2-16,23H,1H3. The predicted molar refractivity (Wildman–Crippen MR) is 93.8 cm³/mol. The lowest BCUT2D eigenvalue weighted by Crippen LogP contribution is -2.28. The highest BCUT2D eigenvalue weighted by molar-refractivity contribution is 5.58. The fourth-order valence-corrected chi connectivity index (χ4v) is 2.80. The quantitative estimate of drug-likeness (QED) is 0.773. The Morgan fingerprint density at radius 3 is 1.96 bits per heavy atom. The van der Waals surface area contributed by atoms with Gasteiger partial charge >= 0.3 is 0 Å². The van der Waals surface area contributed by atoms with Crippen molar-refractivity contribution in [3.05, 3.63) is 107 Å². The van der Waals surface area contributed by atoms with E-state index in [-0.39, 0.29) is 0 Å². The second-order valence-corrected chi connectivity index (χ2v) is 5.55.